The van der Waals surface area contributed by atoms with Gasteiger partial charge in [-0.3, -0.25) is 0 Å². The third-order valence-electron chi connectivity index (χ3n) is 1.12. The van der Waals surface area contributed by atoms with E-state index in [9.17, 15) is 0 Å². The normalized spacial score (nSPS) is 11.0. The Morgan fingerprint density at radius 2 is 2.20 bits per heavy atom. The number of hydrogen-bond donors (Lipinski definition) is 0. The summed E-state index contributed by atoms with van der Waals surface area (Å²) in [6, 6.07) is 0. The summed E-state index contributed by atoms with van der Waals surface area (Å²) in [6.07, 6.45) is 6.11. The second-order valence-electron chi connectivity index (χ2n) is 2.04. The van der Waals surface area contributed by atoms with Gasteiger partial charge in [0.1, 0.15) is 0 Å². The smallest absolute Gasteiger partial charge is 0.0647 e. The van der Waals surface area contributed by atoms with E-state index in [2.05, 4.69) is 0 Å². The molecule has 0 saturated carbocycles. The number of rotatable bonds is 6. The van der Waals surface area contributed by atoms with Crippen LogP contribution in [0.4, 0.5) is 0 Å². The number of ether oxygens (including phenoxy) is 1. The predicted octanol–water partition coefficient (Wildman–Crippen LogP) is 2.60. The van der Waals surface area contributed by atoms with E-state index in [0.29, 0.717) is 0 Å². The minimum absolute atomic E-state index is 0.735. The largest absolute Gasteiger partial charge is 0.377 e. The molecule has 1 nitrogen and oxygen atoms in total. The third-order valence-corrected chi connectivity index (χ3v) is 1.39. The zero-order chi connectivity index (χ0) is 7.66. The van der Waals surface area contributed by atoms with Crippen molar-refractivity contribution in [3.05, 3.63) is 12.2 Å². The first-order valence-corrected chi connectivity index (χ1v) is 4.20. The van der Waals surface area contributed by atoms with Gasteiger partial charge in [0, 0.05) is 12.5 Å². The number of allylic oxidation sites excluding steroid dienone is 1. The van der Waals surface area contributed by atoms with E-state index in [-0.39, 0.29) is 0 Å². The van der Waals surface area contributed by atoms with E-state index < -0.39 is 0 Å². The fourth-order valence-corrected chi connectivity index (χ4v) is 0.735. The molecule has 0 aliphatic carbocycles. The molecule has 60 valence electrons. The average Bonchev–Trinajstić information content (AvgIpc) is 1.97. The van der Waals surface area contributed by atoms with E-state index >= 15 is 0 Å². The summed E-state index contributed by atoms with van der Waals surface area (Å²) >= 11 is 5.47. The number of alkyl halides is 1. The van der Waals surface area contributed by atoms with Crippen molar-refractivity contribution in [1.29, 1.82) is 0 Å². The van der Waals surface area contributed by atoms with Crippen LogP contribution in [0.3, 0.4) is 0 Å². The summed E-state index contributed by atoms with van der Waals surface area (Å²) in [4.78, 5) is 0. The summed E-state index contributed by atoms with van der Waals surface area (Å²) in [5, 5.41) is 0. The zero-order valence-corrected chi connectivity index (χ0v) is 7.23. The SMILES string of the molecule is CC=CCOCCCCCl. The quantitative estimate of drug-likeness (QED) is 0.332. The first kappa shape index (κ1) is 9.99. The van der Waals surface area contributed by atoms with E-state index in [4.69, 9.17) is 16.3 Å². The maximum absolute atomic E-state index is 5.47. The number of hydrogen-bond acceptors (Lipinski definition) is 1. The topological polar surface area (TPSA) is 9.23 Å². The molecule has 0 unspecified atom stereocenters. The minimum atomic E-state index is 0.735. The van der Waals surface area contributed by atoms with Crippen molar-refractivity contribution >= 4 is 11.6 Å². The van der Waals surface area contributed by atoms with Crippen molar-refractivity contribution in [2.45, 2.75) is 19.8 Å². The van der Waals surface area contributed by atoms with Crippen molar-refractivity contribution in [3.8, 4) is 0 Å². The molecule has 0 aromatic carbocycles. The van der Waals surface area contributed by atoms with Gasteiger partial charge in [0.05, 0.1) is 6.61 Å². The van der Waals surface area contributed by atoms with Gasteiger partial charge in [-0.1, -0.05) is 12.2 Å². The van der Waals surface area contributed by atoms with Crippen LogP contribution in [-0.2, 0) is 4.74 Å². The molecule has 0 aromatic heterocycles. The summed E-state index contributed by atoms with van der Waals surface area (Å²) in [7, 11) is 0. The molecule has 2 heteroatoms. The van der Waals surface area contributed by atoms with Gasteiger partial charge in [-0.2, -0.15) is 0 Å². The second-order valence-corrected chi connectivity index (χ2v) is 2.42. The third kappa shape index (κ3) is 7.99. The first-order valence-electron chi connectivity index (χ1n) is 3.66. The standard InChI is InChI=1S/C8H15ClO/c1-2-3-7-10-8-5-4-6-9/h2-3H,4-8H2,1H3. The Morgan fingerprint density at radius 1 is 1.40 bits per heavy atom. The van der Waals surface area contributed by atoms with E-state index in [1.165, 1.54) is 0 Å². The maximum atomic E-state index is 5.47. The van der Waals surface area contributed by atoms with Crippen LogP contribution in [0, 0.1) is 0 Å². The van der Waals surface area contributed by atoms with Crippen molar-refractivity contribution in [2.75, 3.05) is 19.1 Å². The Balaban J connectivity index is 2.77. The molecule has 0 heterocycles. The van der Waals surface area contributed by atoms with E-state index in [1.807, 2.05) is 19.1 Å². The zero-order valence-electron chi connectivity index (χ0n) is 6.48. The van der Waals surface area contributed by atoms with E-state index in [1.54, 1.807) is 0 Å². The van der Waals surface area contributed by atoms with Crippen LogP contribution in [0.15, 0.2) is 12.2 Å². The van der Waals surface area contributed by atoms with Crippen molar-refractivity contribution in [2.24, 2.45) is 0 Å². The molecule has 0 amide bonds. The van der Waals surface area contributed by atoms with Gasteiger partial charge in [-0.05, 0) is 19.8 Å². The second kappa shape index (κ2) is 8.99. The monoisotopic (exact) mass is 162 g/mol. The molecular formula is C8H15ClO. The van der Waals surface area contributed by atoms with Gasteiger partial charge >= 0.3 is 0 Å². The lowest BCUT2D eigenvalue weighted by Crippen LogP contribution is -1.94. The molecule has 0 atom stereocenters. The summed E-state index contributed by atoms with van der Waals surface area (Å²) in [5.41, 5.74) is 0. The van der Waals surface area contributed by atoms with Crippen LogP contribution in [0.1, 0.15) is 19.8 Å². The molecular weight excluding hydrogens is 148 g/mol. The van der Waals surface area contributed by atoms with Crippen LogP contribution in [-0.4, -0.2) is 19.1 Å². The Kier molecular flexibility index (Phi) is 8.98. The van der Waals surface area contributed by atoms with Gasteiger partial charge in [-0.15, -0.1) is 11.6 Å². The molecule has 0 spiro atoms. The molecule has 0 aliphatic heterocycles. The van der Waals surface area contributed by atoms with Crippen LogP contribution >= 0.6 is 11.6 Å². The highest BCUT2D eigenvalue weighted by atomic mass is 35.5. The van der Waals surface area contributed by atoms with Gasteiger partial charge < -0.3 is 4.74 Å². The molecule has 0 aliphatic rings. The maximum Gasteiger partial charge on any atom is 0.0647 e. The highest BCUT2D eigenvalue weighted by Crippen LogP contribution is 1.92. The van der Waals surface area contributed by atoms with Gasteiger partial charge in [-0.25, -0.2) is 0 Å². The first-order chi connectivity index (χ1) is 4.91. The van der Waals surface area contributed by atoms with Crippen molar-refractivity contribution in [1.82, 2.24) is 0 Å². The lowest BCUT2D eigenvalue weighted by molar-refractivity contribution is 0.159. The molecule has 0 rings (SSSR count). The van der Waals surface area contributed by atoms with E-state index in [0.717, 1.165) is 31.9 Å². The summed E-state index contributed by atoms with van der Waals surface area (Å²) in [6.45, 7) is 3.55. The molecule has 0 fully saturated rings. The number of unbranched alkanes of at least 4 members (excludes halogenated alkanes) is 1. The fourth-order valence-electron chi connectivity index (χ4n) is 0.546. The summed E-state index contributed by atoms with van der Waals surface area (Å²) in [5.74, 6) is 0.743. The molecule has 0 bridgehead atoms. The number of halogens is 1. The average molecular weight is 163 g/mol. The molecule has 0 saturated heterocycles. The predicted molar refractivity (Wildman–Crippen MR) is 45.6 cm³/mol. The van der Waals surface area contributed by atoms with Gasteiger partial charge in [0.15, 0.2) is 0 Å². The lowest BCUT2D eigenvalue weighted by Gasteiger charge is -1.97. The Morgan fingerprint density at radius 3 is 2.80 bits per heavy atom. The Hall–Kier alpha value is -0.0100. The lowest BCUT2D eigenvalue weighted by atomic mass is 10.4. The van der Waals surface area contributed by atoms with Gasteiger partial charge in [0.25, 0.3) is 0 Å². The van der Waals surface area contributed by atoms with Crippen LogP contribution in [0.5, 0.6) is 0 Å². The fraction of sp³-hybridized carbons (Fsp3) is 0.750. The molecule has 0 radical (unpaired) electrons. The molecule has 10 heavy (non-hydrogen) atoms. The highest BCUT2D eigenvalue weighted by molar-refractivity contribution is 6.17. The summed E-state index contributed by atoms with van der Waals surface area (Å²) < 4.78 is 5.23. The highest BCUT2D eigenvalue weighted by Gasteiger charge is 1.84. The van der Waals surface area contributed by atoms with Crippen LogP contribution < -0.4 is 0 Å². The van der Waals surface area contributed by atoms with Crippen molar-refractivity contribution < 1.29 is 4.74 Å². The van der Waals surface area contributed by atoms with Crippen LogP contribution in [0.2, 0.25) is 0 Å². The Bertz CT molecular complexity index is 81.3. The molecule has 0 N–H and O–H groups in total. The molecule has 0 aromatic rings. The van der Waals surface area contributed by atoms with Gasteiger partial charge in [0.2, 0.25) is 0 Å². The van der Waals surface area contributed by atoms with Crippen molar-refractivity contribution in [3.63, 3.8) is 0 Å². The van der Waals surface area contributed by atoms with Crippen LogP contribution in [0.25, 0.3) is 0 Å². The minimum Gasteiger partial charge on any atom is -0.377 e. The Labute approximate surface area is 68.0 Å².